The van der Waals surface area contributed by atoms with Crippen LogP contribution in [0.3, 0.4) is 0 Å². The van der Waals surface area contributed by atoms with Crippen LogP contribution in [0.1, 0.15) is 45.7 Å². The van der Waals surface area contributed by atoms with Crippen molar-refractivity contribution in [2.45, 2.75) is 26.2 Å². The van der Waals surface area contributed by atoms with Gasteiger partial charge in [0.05, 0.1) is 5.92 Å². The van der Waals surface area contributed by atoms with E-state index in [1.54, 1.807) is 9.80 Å². The zero-order chi connectivity index (χ0) is 22.0. The van der Waals surface area contributed by atoms with Crippen molar-refractivity contribution in [3.63, 3.8) is 0 Å². The fraction of sp³-hybridized carbons (Fsp3) is 0.391. The minimum Gasteiger partial charge on any atom is -0.457 e. The molecule has 0 saturated carbocycles. The molecule has 2 aromatic rings. The molecule has 1 aromatic heterocycles. The van der Waals surface area contributed by atoms with E-state index in [-0.39, 0.29) is 24.8 Å². The van der Waals surface area contributed by atoms with Gasteiger partial charge in [-0.05, 0) is 38.0 Å². The molecule has 2 fully saturated rings. The first-order valence-electron chi connectivity index (χ1n) is 10.5. The molecule has 2 aliphatic heterocycles. The van der Waals surface area contributed by atoms with E-state index >= 15 is 0 Å². The van der Waals surface area contributed by atoms with Crippen LogP contribution in [0, 0.1) is 12.8 Å². The number of Topliss-reactive ketones (excluding diaryl/α,β-unsaturated/α-hetero) is 1. The van der Waals surface area contributed by atoms with Crippen molar-refractivity contribution >= 4 is 29.3 Å². The van der Waals surface area contributed by atoms with E-state index in [1.807, 2.05) is 31.2 Å². The number of rotatable bonds is 6. The summed E-state index contributed by atoms with van der Waals surface area (Å²) in [6.45, 7) is 3.20. The third kappa shape index (κ3) is 4.52. The van der Waals surface area contributed by atoms with Gasteiger partial charge in [-0.3, -0.25) is 19.2 Å². The summed E-state index contributed by atoms with van der Waals surface area (Å²) in [5, 5.41) is 0. The number of likely N-dealkylation sites (tertiary alicyclic amines) is 1. The number of amides is 2. The Balaban J connectivity index is 1.30. The Labute approximate surface area is 180 Å². The summed E-state index contributed by atoms with van der Waals surface area (Å²) in [5.41, 5.74) is 2.47. The maximum atomic E-state index is 12.4. The number of aromatic nitrogens is 1. The maximum Gasteiger partial charge on any atom is 0.311 e. The molecule has 1 unspecified atom stereocenters. The van der Waals surface area contributed by atoms with Crippen molar-refractivity contribution in [1.82, 2.24) is 9.88 Å². The minimum absolute atomic E-state index is 0.0551. The number of nitrogens with zero attached hydrogens (tertiary/aromatic N) is 2. The normalized spacial score (nSPS) is 18.5. The highest BCUT2D eigenvalue weighted by atomic mass is 16.5. The number of aromatic amines is 1. The van der Waals surface area contributed by atoms with Crippen molar-refractivity contribution in [1.29, 1.82) is 0 Å². The smallest absolute Gasteiger partial charge is 0.311 e. The number of ether oxygens (including phenoxy) is 1. The van der Waals surface area contributed by atoms with E-state index in [4.69, 9.17) is 4.74 Å². The zero-order valence-corrected chi connectivity index (χ0v) is 17.4. The Morgan fingerprint density at radius 3 is 2.55 bits per heavy atom. The number of aryl methyl sites for hydroxylation is 1. The van der Waals surface area contributed by atoms with E-state index in [1.165, 1.54) is 12.3 Å². The predicted octanol–water partition coefficient (Wildman–Crippen LogP) is 2.34. The fourth-order valence-electron chi connectivity index (χ4n) is 3.95. The highest BCUT2D eigenvalue weighted by Gasteiger charge is 2.36. The number of H-pyrrole nitrogens is 1. The third-order valence-corrected chi connectivity index (χ3v) is 5.78. The molecule has 31 heavy (non-hydrogen) atoms. The summed E-state index contributed by atoms with van der Waals surface area (Å²) < 4.78 is 5.19. The lowest BCUT2D eigenvalue weighted by atomic mass is 10.1. The molecule has 162 valence electrons. The van der Waals surface area contributed by atoms with Crippen LogP contribution < -0.4 is 4.90 Å². The molecular weight excluding hydrogens is 398 g/mol. The predicted molar refractivity (Wildman–Crippen MR) is 113 cm³/mol. The molecule has 2 aliphatic rings. The maximum absolute atomic E-state index is 12.4. The molecule has 0 spiro atoms. The molecule has 1 aromatic carbocycles. The van der Waals surface area contributed by atoms with Crippen molar-refractivity contribution in [2.24, 2.45) is 5.92 Å². The van der Waals surface area contributed by atoms with E-state index < -0.39 is 24.3 Å². The molecule has 8 nitrogen and oxygen atoms in total. The van der Waals surface area contributed by atoms with Gasteiger partial charge in [0.15, 0.2) is 6.61 Å². The van der Waals surface area contributed by atoms with Gasteiger partial charge in [-0.1, -0.05) is 17.7 Å². The number of carbonyl (C=O) groups is 4. The van der Waals surface area contributed by atoms with Gasteiger partial charge in [0.1, 0.15) is 5.69 Å². The second-order valence-electron chi connectivity index (χ2n) is 8.07. The molecule has 4 rings (SSSR count). The number of esters is 1. The Bertz CT molecular complexity index is 1000. The molecule has 1 N–H and O–H groups in total. The van der Waals surface area contributed by atoms with Crippen LogP contribution in [-0.2, 0) is 14.3 Å². The van der Waals surface area contributed by atoms with Crippen LogP contribution >= 0.6 is 0 Å². The van der Waals surface area contributed by atoms with E-state index in [0.717, 1.165) is 37.2 Å². The van der Waals surface area contributed by atoms with Gasteiger partial charge in [-0.2, -0.15) is 0 Å². The summed E-state index contributed by atoms with van der Waals surface area (Å²) >= 11 is 0. The quantitative estimate of drug-likeness (QED) is 0.568. The lowest BCUT2D eigenvalue weighted by Crippen LogP contribution is -2.27. The van der Waals surface area contributed by atoms with Crippen LogP contribution in [-0.4, -0.2) is 59.7 Å². The number of ketones is 1. The molecule has 8 heteroatoms. The fourth-order valence-corrected chi connectivity index (χ4v) is 3.95. The van der Waals surface area contributed by atoms with Gasteiger partial charge in [-0.25, -0.2) is 0 Å². The second-order valence-corrected chi connectivity index (χ2v) is 8.07. The largest absolute Gasteiger partial charge is 0.457 e. The van der Waals surface area contributed by atoms with Crippen LogP contribution in [0.25, 0.3) is 0 Å². The SMILES string of the molecule is Cc1ccc(N2CC(C(=O)OCC(=O)c3c[nH]c(C(=O)N4CCCC4)c3)CC2=O)cc1. The third-order valence-electron chi connectivity index (χ3n) is 5.78. The van der Waals surface area contributed by atoms with E-state index in [0.29, 0.717) is 11.3 Å². The Kier molecular flexibility index (Phi) is 5.88. The Morgan fingerprint density at radius 1 is 1.13 bits per heavy atom. The molecule has 0 bridgehead atoms. The zero-order valence-electron chi connectivity index (χ0n) is 17.4. The second kappa shape index (κ2) is 8.75. The van der Waals surface area contributed by atoms with Crippen LogP contribution in [0.2, 0.25) is 0 Å². The highest BCUT2D eigenvalue weighted by Crippen LogP contribution is 2.26. The monoisotopic (exact) mass is 423 g/mol. The summed E-state index contributed by atoms with van der Waals surface area (Å²) in [6, 6.07) is 9.00. The van der Waals surface area contributed by atoms with Gasteiger partial charge in [0.2, 0.25) is 11.7 Å². The summed E-state index contributed by atoms with van der Waals surface area (Å²) in [7, 11) is 0. The standard InChI is InChI=1S/C23H25N3O5/c1-15-4-6-18(7-5-15)26-13-17(11-21(26)28)23(30)31-14-20(27)16-10-19(24-12-16)22(29)25-8-2-3-9-25/h4-7,10,12,17,24H,2-3,8-9,11,13-14H2,1H3. The number of nitrogens with one attached hydrogen (secondary N) is 1. The molecule has 0 radical (unpaired) electrons. The van der Waals surface area contributed by atoms with Crippen molar-refractivity contribution in [3.05, 3.63) is 53.3 Å². The number of hydrogen-bond acceptors (Lipinski definition) is 5. The first-order valence-corrected chi connectivity index (χ1v) is 10.5. The van der Waals surface area contributed by atoms with Gasteiger partial charge >= 0.3 is 5.97 Å². The van der Waals surface area contributed by atoms with Crippen molar-refractivity contribution < 1.29 is 23.9 Å². The van der Waals surface area contributed by atoms with Gasteiger partial charge < -0.3 is 19.5 Å². The molecule has 2 amide bonds. The van der Waals surface area contributed by atoms with E-state index in [9.17, 15) is 19.2 Å². The number of anilines is 1. The summed E-state index contributed by atoms with van der Waals surface area (Å²) in [5.74, 6) is -1.85. The number of hydrogen-bond donors (Lipinski definition) is 1. The Hall–Kier alpha value is -3.42. The van der Waals surface area contributed by atoms with Crippen LogP contribution in [0.4, 0.5) is 5.69 Å². The Morgan fingerprint density at radius 2 is 1.84 bits per heavy atom. The number of benzene rings is 1. The topological polar surface area (TPSA) is 99.8 Å². The molecule has 2 saturated heterocycles. The minimum atomic E-state index is -0.611. The summed E-state index contributed by atoms with van der Waals surface area (Å²) in [6.07, 6.45) is 3.48. The molecule has 3 heterocycles. The van der Waals surface area contributed by atoms with Gasteiger partial charge in [0, 0.05) is 43.5 Å². The lowest BCUT2D eigenvalue weighted by molar-refractivity contribution is -0.147. The average molecular weight is 423 g/mol. The van der Waals surface area contributed by atoms with E-state index in [2.05, 4.69) is 4.98 Å². The first kappa shape index (κ1) is 20.8. The van der Waals surface area contributed by atoms with Crippen LogP contribution in [0.5, 0.6) is 0 Å². The van der Waals surface area contributed by atoms with Gasteiger partial charge in [-0.15, -0.1) is 0 Å². The molecule has 0 aliphatic carbocycles. The van der Waals surface area contributed by atoms with Crippen molar-refractivity contribution in [3.8, 4) is 0 Å². The lowest BCUT2D eigenvalue weighted by Gasteiger charge is -2.16. The van der Waals surface area contributed by atoms with Gasteiger partial charge in [0.25, 0.3) is 5.91 Å². The average Bonchev–Trinajstić information content (AvgIpc) is 3.52. The molecule has 1 atom stereocenters. The van der Waals surface area contributed by atoms with Crippen LogP contribution in [0.15, 0.2) is 36.5 Å². The molecular formula is C23H25N3O5. The first-order chi connectivity index (χ1) is 14.9. The summed E-state index contributed by atoms with van der Waals surface area (Å²) in [4.78, 5) is 55.7. The highest BCUT2D eigenvalue weighted by molar-refractivity contribution is 6.02. The number of carbonyl (C=O) groups excluding carboxylic acids is 4. The van der Waals surface area contributed by atoms with Crippen molar-refractivity contribution in [2.75, 3.05) is 31.1 Å².